The SMILES string of the molecule is C[n+]1ccccc1C(=O)N1/C(=C2\C(=O)c3cc(Br)cc(Br)c3N2C(=O)c2ccccn2)C(=O)c2cc(Br)cc(Br)c21. The Morgan fingerprint density at radius 3 is 1.78 bits per heavy atom. The number of allylic oxidation sites excluding steroid dienone is 2. The molecule has 6 rings (SSSR count). The summed E-state index contributed by atoms with van der Waals surface area (Å²) >= 11 is 13.8. The highest BCUT2D eigenvalue weighted by atomic mass is 79.9. The second-order valence-corrected chi connectivity index (χ2v) is 12.7. The molecule has 0 saturated heterocycles. The van der Waals surface area contributed by atoms with E-state index in [1.807, 2.05) is 0 Å². The zero-order valence-corrected chi connectivity index (χ0v) is 27.2. The Balaban J connectivity index is 1.70. The third kappa shape index (κ3) is 4.44. The second kappa shape index (κ2) is 10.5. The molecule has 0 fully saturated rings. The van der Waals surface area contributed by atoms with Gasteiger partial charge < -0.3 is 0 Å². The lowest BCUT2D eigenvalue weighted by Gasteiger charge is -2.24. The predicted octanol–water partition coefficient (Wildman–Crippen LogP) is 6.55. The zero-order valence-electron chi connectivity index (χ0n) is 20.9. The minimum absolute atomic E-state index is 0.0558. The first-order valence-electron chi connectivity index (χ1n) is 12.0. The largest absolute Gasteiger partial charge is 0.327 e. The fourth-order valence-corrected chi connectivity index (χ4v) is 7.72. The van der Waals surface area contributed by atoms with Gasteiger partial charge >= 0.3 is 5.91 Å². The number of anilines is 2. The average Bonchev–Trinajstić information content (AvgIpc) is 3.39. The lowest BCUT2D eigenvalue weighted by Crippen LogP contribution is -2.43. The number of carbonyl (C=O) groups excluding carboxylic acids is 4. The highest BCUT2D eigenvalue weighted by molar-refractivity contribution is 9.11. The van der Waals surface area contributed by atoms with Crippen LogP contribution in [0.4, 0.5) is 11.4 Å². The van der Waals surface area contributed by atoms with Gasteiger partial charge in [0.2, 0.25) is 11.6 Å². The molecule has 0 bridgehead atoms. The van der Waals surface area contributed by atoms with Crippen molar-refractivity contribution in [1.82, 2.24) is 4.98 Å². The van der Waals surface area contributed by atoms with Gasteiger partial charge in [-0.15, -0.1) is 0 Å². The molecule has 2 aromatic carbocycles. The Hall–Kier alpha value is -3.32. The second-order valence-electron chi connectivity index (χ2n) is 9.12. The van der Waals surface area contributed by atoms with Crippen molar-refractivity contribution in [2.24, 2.45) is 7.05 Å². The minimum atomic E-state index is -0.634. The van der Waals surface area contributed by atoms with Crippen molar-refractivity contribution in [3.05, 3.63) is 125 Å². The molecule has 202 valence electrons. The summed E-state index contributed by atoms with van der Waals surface area (Å²) in [5.41, 5.74) is 0.721. The summed E-state index contributed by atoms with van der Waals surface area (Å²) in [5.74, 6) is -2.36. The molecular formula is C29H15Br4N4O4+. The van der Waals surface area contributed by atoms with E-state index in [4.69, 9.17) is 0 Å². The topological polar surface area (TPSA) is 91.5 Å². The number of fused-ring (bicyclic) bond motifs is 2. The highest BCUT2D eigenvalue weighted by Gasteiger charge is 2.49. The Kier molecular flexibility index (Phi) is 7.13. The number of halogens is 4. The summed E-state index contributed by atoms with van der Waals surface area (Å²) in [6.45, 7) is 0. The zero-order chi connectivity index (χ0) is 29.2. The first kappa shape index (κ1) is 27.8. The van der Waals surface area contributed by atoms with Crippen LogP contribution >= 0.6 is 63.7 Å². The maximum absolute atomic E-state index is 14.3. The maximum atomic E-state index is 14.3. The molecule has 2 aliphatic heterocycles. The molecule has 2 aliphatic rings. The Morgan fingerprint density at radius 1 is 0.732 bits per heavy atom. The van der Waals surface area contributed by atoms with Gasteiger partial charge in [0.05, 0.1) is 22.5 Å². The summed E-state index contributed by atoms with van der Waals surface area (Å²) in [5, 5.41) is 0. The first-order valence-corrected chi connectivity index (χ1v) is 15.1. The van der Waals surface area contributed by atoms with E-state index in [9.17, 15) is 19.2 Å². The number of carbonyl (C=O) groups is 4. The van der Waals surface area contributed by atoms with Crippen LogP contribution in [0.15, 0.2) is 102 Å². The lowest BCUT2D eigenvalue weighted by atomic mass is 10.1. The molecule has 41 heavy (non-hydrogen) atoms. The van der Waals surface area contributed by atoms with Gasteiger partial charge in [0, 0.05) is 36.2 Å². The van der Waals surface area contributed by atoms with Gasteiger partial charge in [-0.2, -0.15) is 4.57 Å². The Labute approximate surface area is 267 Å². The predicted molar refractivity (Wildman–Crippen MR) is 165 cm³/mol. The number of ketones is 2. The molecule has 0 unspecified atom stereocenters. The number of pyridine rings is 2. The summed E-state index contributed by atoms with van der Waals surface area (Å²) in [4.78, 5) is 63.4. The van der Waals surface area contributed by atoms with Crippen LogP contribution in [-0.2, 0) is 7.05 Å². The summed E-state index contributed by atoms with van der Waals surface area (Å²) in [6.07, 6.45) is 3.17. The van der Waals surface area contributed by atoms with Crippen LogP contribution in [0.25, 0.3) is 0 Å². The van der Waals surface area contributed by atoms with E-state index >= 15 is 0 Å². The van der Waals surface area contributed by atoms with Crippen LogP contribution in [0.3, 0.4) is 0 Å². The number of aromatic nitrogens is 2. The molecule has 0 N–H and O–H groups in total. The van der Waals surface area contributed by atoms with Gasteiger partial charge in [-0.25, -0.2) is 0 Å². The van der Waals surface area contributed by atoms with E-state index in [0.717, 1.165) is 0 Å². The third-order valence-corrected chi connectivity index (χ3v) is 8.78. The molecule has 8 nitrogen and oxygen atoms in total. The molecule has 2 aromatic heterocycles. The monoisotopic (exact) mass is 799 g/mol. The highest BCUT2D eigenvalue weighted by Crippen LogP contribution is 2.49. The number of hydrogen-bond donors (Lipinski definition) is 0. The summed E-state index contributed by atoms with van der Waals surface area (Å²) in [6, 6.07) is 16.5. The van der Waals surface area contributed by atoms with Gasteiger partial charge in [0.15, 0.2) is 6.20 Å². The van der Waals surface area contributed by atoms with Gasteiger partial charge in [-0.05, 0) is 74.3 Å². The van der Waals surface area contributed by atoms with E-state index in [0.29, 0.717) is 17.9 Å². The van der Waals surface area contributed by atoms with Gasteiger partial charge in [-0.3, -0.25) is 34.0 Å². The van der Waals surface area contributed by atoms with Crippen molar-refractivity contribution >= 4 is 98.5 Å². The Bertz CT molecular complexity index is 1890. The number of benzene rings is 2. The molecule has 0 saturated carbocycles. The van der Waals surface area contributed by atoms with E-state index in [-0.39, 0.29) is 45.3 Å². The molecule has 0 aliphatic carbocycles. The molecule has 0 atom stereocenters. The van der Waals surface area contributed by atoms with Crippen LogP contribution in [0, 0.1) is 0 Å². The number of Topliss-reactive ketones (excluding diaryl/α,β-unsaturated/α-hetero) is 2. The lowest BCUT2D eigenvalue weighted by molar-refractivity contribution is -0.673. The number of rotatable bonds is 2. The summed E-state index contributed by atoms with van der Waals surface area (Å²) in [7, 11) is 1.71. The number of hydrogen-bond acceptors (Lipinski definition) is 5. The average molecular weight is 803 g/mol. The minimum Gasteiger partial charge on any atom is -0.287 e. The molecule has 0 radical (unpaired) electrons. The van der Waals surface area contributed by atoms with Gasteiger partial charge in [-0.1, -0.05) is 37.9 Å². The quantitative estimate of drug-likeness (QED) is 0.170. The molecule has 4 heterocycles. The van der Waals surface area contributed by atoms with Crippen LogP contribution in [0.5, 0.6) is 0 Å². The van der Waals surface area contributed by atoms with Crippen molar-refractivity contribution < 1.29 is 23.7 Å². The fourth-order valence-electron chi connectivity index (χ4n) is 4.91. The van der Waals surface area contributed by atoms with Crippen molar-refractivity contribution in [3.8, 4) is 0 Å². The van der Waals surface area contributed by atoms with Crippen LogP contribution in [0.2, 0.25) is 0 Å². The van der Waals surface area contributed by atoms with Crippen molar-refractivity contribution in [2.45, 2.75) is 0 Å². The van der Waals surface area contributed by atoms with Gasteiger partial charge in [0.1, 0.15) is 24.1 Å². The van der Waals surface area contributed by atoms with Crippen LogP contribution in [0.1, 0.15) is 41.7 Å². The number of amides is 2. The van der Waals surface area contributed by atoms with E-state index in [2.05, 4.69) is 68.7 Å². The molecule has 2 amide bonds. The molecule has 12 heteroatoms. The number of aryl methyl sites for hydroxylation is 1. The van der Waals surface area contributed by atoms with E-state index in [1.54, 1.807) is 72.4 Å². The third-order valence-electron chi connectivity index (χ3n) is 6.66. The molecular weight excluding hydrogens is 788 g/mol. The van der Waals surface area contributed by atoms with Crippen molar-refractivity contribution in [1.29, 1.82) is 0 Å². The smallest absolute Gasteiger partial charge is 0.287 e. The standard InChI is InChI=1S/C29H15Br4N4O4/c1-35-9-5-3-7-21(35)29(41)37-23-17(11-15(31)13-19(23)33)27(39)25(37)24-26(38)16-10-14(30)12-18(32)22(16)36(24)28(40)20-6-2-4-8-34-20/h2-13H,1H3/q+1/b25-24+. The maximum Gasteiger partial charge on any atom is 0.327 e. The fraction of sp³-hybridized carbons (Fsp3) is 0.0345. The van der Waals surface area contributed by atoms with E-state index in [1.165, 1.54) is 22.1 Å². The first-order chi connectivity index (χ1) is 19.6. The summed E-state index contributed by atoms with van der Waals surface area (Å²) < 4.78 is 3.69. The molecule has 0 spiro atoms. The van der Waals surface area contributed by atoms with Gasteiger partial charge in [0.25, 0.3) is 11.6 Å². The van der Waals surface area contributed by atoms with Crippen LogP contribution < -0.4 is 14.4 Å². The normalized spacial score (nSPS) is 15.8. The van der Waals surface area contributed by atoms with Crippen LogP contribution in [-0.4, -0.2) is 28.4 Å². The van der Waals surface area contributed by atoms with Crippen molar-refractivity contribution in [2.75, 3.05) is 9.80 Å². The Morgan fingerprint density at radius 2 is 1.27 bits per heavy atom. The molecule has 4 aromatic rings. The van der Waals surface area contributed by atoms with E-state index < -0.39 is 23.4 Å². The van der Waals surface area contributed by atoms with Crippen molar-refractivity contribution in [3.63, 3.8) is 0 Å². The number of nitrogens with zero attached hydrogens (tertiary/aromatic N) is 4.